The summed E-state index contributed by atoms with van der Waals surface area (Å²) in [5.74, 6) is 1.30. The van der Waals surface area contributed by atoms with Crippen LogP contribution in [0, 0.1) is 6.92 Å². The second kappa shape index (κ2) is 6.24. The highest BCUT2D eigenvalue weighted by Gasteiger charge is 2.18. The number of hydrogen-bond acceptors (Lipinski definition) is 7. The SMILES string of the molecule is Cc1nc(CC(N)=O)cc(-c2c(Nc3ccn[nH]3)nc3cccnn23)n1. The topological polar surface area (TPSA) is 140 Å². The van der Waals surface area contributed by atoms with Gasteiger partial charge in [0.05, 0.1) is 24.0 Å². The number of nitrogens with zero attached hydrogens (tertiary/aromatic N) is 6. The molecule has 0 bridgehead atoms. The molecular formula is C16H15N9O. The van der Waals surface area contributed by atoms with Crippen molar-refractivity contribution < 1.29 is 4.79 Å². The van der Waals surface area contributed by atoms with Crippen molar-refractivity contribution in [1.29, 1.82) is 0 Å². The van der Waals surface area contributed by atoms with Gasteiger partial charge < -0.3 is 11.1 Å². The van der Waals surface area contributed by atoms with Crippen LogP contribution in [0.2, 0.25) is 0 Å². The molecule has 0 saturated carbocycles. The Bertz CT molecular complexity index is 1080. The minimum atomic E-state index is -0.457. The lowest BCUT2D eigenvalue weighted by Gasteiger charge is -2.07. The Kier molecular flexibility index (Phi) is 3.77. The predicted molar refractivity (Wildman–Crippen MR) is 93.5 cm³/mol. The molecule has 26 heavy (non-hydrogen) atoms. The van der Waals surface area contributed by atoms with Crippen LogP contribution in [0.25, 0.3) is 17.0 Å². The van der Waals surface area contributed by atoms with Crippen molar-refractivity contribution in [1.82, 2.24) is 34.8 Å². The second-order valence-corrected chi connectivity index (χ2v) is 5.63. The van der Waals surface area contributed by atoms with Crippen molar-refractivity contribution in [3.63, 3.8) is 0 Å². The molecule has 0 aliphatic heterocycles. The maximum Gasteiger partial charge on any atom is 0.223 e. The van der Waals surface area contributed by atoms with E-state index in [9.17, 15) is 4.79 Å². The molecule has 4 rings (SSSR count). The fraction of sp³-hybridized carbons (Fsp3) is 0.125. The highest BCUT2D eigenvalue weighted by Crippen LogP contribution is 2.29. The van der Waals surface area contributed by atoms with Crippen molar-refractivity contribution in [3.05, 3.63) is 48.2 Å². The number of hydrogen-bond donors (Lipinski definition) is 3. The maximum absolute atomic E-state index is 11.3. The summed E-state index contributed by atoms with van der Waals surface area (Å²) in [6, 6.07) is 7.14. The van der Waals surface area contributed by atoms with Crippen LogP contribution < -0.4 is 11.1 Å². The van der Waals surface area contributed by atoms with Gasteiger partial charge in [-0.3, -0.25) is 9.89 Å². The van der Waals surface area contributed by atoms with E-state index < -0.39 is 5.91 Å². The summed E-state index contributed by atoms with van der Waals surface area (Å²) in [6.07, 6.45) is 3.33. The van der Waals surface area contributed by atoms with Crippen LogP contribution in [-0.2, 0) is 11.2 Å². The number of primary amides is 1. The smallest absolute Gasteiger partial charge is 0.223 e. The molecule has 0 saturated heterocycles. The number of aromatic amines is 1. The zero-order chi connectivity index (χ0) is 18.1. The summed E-state index contributed by atoms with van der Waals surface area (Å²) in [4.78, 5) is 24.6. The molecule has 0 atom stereocenters. The summed E-state index contributed by atoms with van der Waals surface area (Å²) < 4.78 is 1.68. The molecule has 10 heteroatoms. The monoisotopic (exact) mass is 349 g/mol. The minimum absolute atomic E-state index is 0.0316. The van der Waals surface area contributed by atoms with Gasteiger partial charge in [-0.15, -0.1) is 0 Å². The van der Waals surface area contributed by atoms with E-state index in [1.54, 1.807) is 42.0 Å². The van der Waals surface area contributed by atoms with Crippen LogP contribution in [0.5, 0.6) is 0 Å². The Morgan fingerprint density at radius 3 is 2.92 bits per heavy atom. The number of anilines is 2. The first-order chi connectivity index (χ1) is 12.6. The molecule has 1 amide bonds. The fourth-order valence-corrected chi connectivity index (χ4v) is 2.68. The maximum atomic E-state index is 11.3. The van der Waals surface area contributed by atoms with Crippen LogP contribution in [0.3, 0.4) is 0 Å². The molecule has 0 fully saturated rings. The quantitative estimate of drug-likeness (QED) is 0.488. The molecule has 4 heterocycles. The summed E-state index contributed by atoms with van der Waals surface area (Å²) >= 11 is 0. The number of H-pyrrole nitrogens is 1. The lowest BCUT2D eigenvalue weighted by molar-refractivity contribution is -0.117. The molecule has 0 aromatic carbocycles. The first kappa shape index (κ1) is 15.7. The van der Waals surface area contributed by atoms with Gasteiger partial charge in [-0.1, -0.05) is 0 Å². The summed E-state index contributed by atoms with van der Waals surface area (Å²) in [6.45, 7) is 1.76. The second-order valence-electron chi connectivity index (χ2n) is 5.63. The molecule has 0 unspecified atom stereocenters. The predicted octanol–water partition coefficient (Wildman–Crippen LogP) is 0.989. The first-order valence-corrected chi connectivity index (χ1v) is 7.83. The average molecular weight is 349 g/mol. The van der Waals surface area contributed by atoms with Crippen LogP contribution in [0.15, 0.2) is 36.7 Å². The number of nitrogens with one attached hydrogen (secondary N) is 2. The third kappa shape index (κ3) is 2.95. The first-order valence-electron chi connectivity index (χ1n) is 7.83. The molecular weight excluding hydrogens is 334 g/mol. The van der Waals surface area contributed by atoms with Crippen molar-refractivity contribution in [2.75, 3.05) is 5.32 Å². The molecule has 130 valence electrons. The fourth-order valence-electron chi connectivity index (χ4n) is 2.68. The van der Waals surface area contributed by atoms with Gasteiger partial charge in [-0.25, -0.2) is 19.5 Å². The third-order valence-corrected chi connectivity index (χ3v) is 3.64. The van der Waals surface area contributed by atoms with E-state index in [0.717, 1.165) is 0 Å². The van der Waals surface area contributed by atoms with Gasteiger partial charge in [0.15, 0.2) is 11.5 Å². The van der Waals surface area contributed by atoms with E-state index in [4.69, 9.17) is 5.73 Å². The molecule has 0 aliphatic rings. The number of carbonyl (C=O) groups is 1. The zero-order valence-corrected chi connectivity index (χ0v) is 13.8. The summed E-state index contributed by atoms with van der Waals surface area (Å²) in [5.41, 5.74) is 7.72. The van der Waals surface area contributed by atoms with Crippen LogP contribution >= 0.6 is 0 Å². The van der Waals surface area contributed by atoms with E-state index in [0.29, 0.717) is 40.2 Å². The Morgan fingerprint density at radius 1 is 1.27 bits per heavy atom. The van der Waals surface area contributed by atoms with Crippen molar-refractivity contribution in [3.8, 4) is 11.4 Å². The Labute approximate surface area is 147 Å². The molecule has 4 aromatic rings. The highest BCUT2D eigenvalue weighted by molar-refractivity contribution is 5.79. The van der Waals surface area contributed by atoms with Crippen molar-refractivity contribution >= 4 is 23.2 Å². The zero-order valence-electron chi connectivity index (χ0n) is 13.8. The van der Waals surface area contributed by atoms with Crippen LogP contribution in [0.4, 0.5) is 11.6 Å². The van der Waals surface area contributed by atoms with Gasteiger partial charge in [0, 0.05) is 12.3 Å². The lowest BCUT2D eigenvalue weighted by Crippen LogP contribution is -2.15. The number of rotatable bonds is 5. The van der Waals surface area contributed by atoms with Crippen LogP contribution in [0.1, 0.15) is 11.5 Å². The number of aryl methyl sites for hydroxylation is 1. The Hall–Kier alpha value is -3.82. The van der Waals surface area contributed by atoms with Gasteiger partial charge in [0.25, 0.3) is 0 Å². The third-order valence-electron chi connectivity index (χ3n) is 3.64. The van der Waals surface area contributed by atoms with Gasteiger partial charge in [0.1, 0.15) is 17.3 Å². The number of aromatic nitrogens is 7. The molecule has 0 spiro atoms. The van der Waals surface area contributed by atoms with Gasteiger partial charge in [0.2, 0.25) is 5.91 Å². The number of nitrogens with two attached hydrogens (primary N) is 1. The molecule has 4 aromatic heterocycles. The molecule has 10 nitrogen and oxygen atoms in total. The van der Waals surface area contributed by atoms with Gasteiger partial charge in [-0.05, 0) is 25.1 Å². The molecule has 0 aliphatic carbocycles. The van der Waals surface area contributed by atoms with E-state index in [-0.39, 0.29) is 6.42 Å². The average Bonchev–Trinajstić information content (AvgIpc) is 3.21. The van der Waals surface area contributed by atoms with Crippen molar-refractivity contribution in [2.45, 2.75) is 13.3 Å². The lowest BCUT2D eigenvalue weighted by atomic mass is 10.2. The largest absolute Gasteiger partial charge is 0.369 e. The minimum Gasteiger partial charge on any atom is -0.369 e. The van der Waals surface area contributed by atoms with Gasteiger partial charge >= 0.3 is 0 Å². The van der Waals surface area contributed by atoms with E-state index in [1.165, 1.54) is 0 Å². The van der Waals surface area contributed by atoms with Crippen molar-refractivity contribution in [2.24, 2.45) is 5.73 Å². The normalized spacial score (nSPS) is 11.0. The molecule has 0 radical (unpaired) electrons. The Balaban J connectivity index is 1.89. The Morgan fingerprint density at radius 2 is 2.15 bits per heavy atom. The summed E-state index contributed by atoms with van der Waals surface area (Å²) in [7, 11) is 0. The van der Waals surface area contributed by atoms with E-state index >= 15 is 0 Å². The number of fused-ring (bicyclic) bond motifs is 1. The number of carbonyl (C=O) groups excluding carboxylic acids is 1. The van der Waals surface area contributed by atoms with E-state index in [2.05, 4.69) is 35.6 Å². The standard InChI is InChI=1S/C16H15N9O/c1-9-20-10(8-12(17)26)7-11(21-9)15-16(22-13-4-6-18-24-13)23-14-3-2-5-19-25(14)15/h2-7H,8H2,1H3,(H2,17,26)(H2,18,22,24). The van der Waals surface area contributed by atoms with Gasteiger partial charge in [-0.2, -0.15) is 10.2 Å². The highest BCUT2D eigenvalue weighted by atomic mass is 16.1. The number of amides is 1. The molecule has 4 N–H and O–H groups in total. The van der Waals surface area contributed by atoms with E-state index in [1.807, 2.05) is 6.07 Å². The summed E-state index contributed by atoms with van der Waals surface area (Å²) in [5, 5.41) is 14.3. The number of imidazole rings is 1. The van der Waals surface area contributed by atoms with Crippen LogP contribution in [-0.4, -0.2) is 40.7 Å².